The Labute approximate surface area is 141 Å². The fourth-order valence-corrected chi connectivity index (χ4v) is 2.97. The summed E-state index contributed by atoms with van der Waals surface area (Å²) >= 11 is 0. The monoisotopic (exact) mass is 326 g/mol. The Hall–Kier alpha value is -2.63. The van der Waals surface area contributed by atoms with Gasteiger partial charge in [0.25, 0.3) is 0 Å². The van der Waals surface area contributed by atoms with E-state index in [1.807, 2.05) is 42.8 Å². The Morgan fingerprint density at radius 1 is 1.33 bits per heavy atom. The predicted molar refractivity (Wildman–Crippen MR) is 93.3 cm³/mol. The van der Waals surface area contributed by atoms with Gasteiger partial charge in [-0.1, -0.05) is 19.1 Å². The lowest BCUT2D eigenvalue weighted by Gasteiger charge is -2.24. The van der Waals surface area contributed by atoms with Crippen LogP contribution in [0, 0.1) is 6.92 Å². The van der Waals surface area contributed by atoms with Crippen molar-refractivity contribution in [2.45, 2.75) is 39.7 Å². The van der Waals surface area contributed by atoms with Gasteiger partial charge in [-0.05, 0) is 32.4 Å². The summed E-state index contributed by atoms with van der Waals surface area (Å²) in [7, 11) is 0. The van der Waals surface area contributed by atoms with Crippen LogP contribution in [0.5, 0.6) is 5.75 Å². The molecule has 6 nitrogen and oxygen atoms in total. The van der Waals surface area contributed by atoms with Gasteiger partial charge in [-0.2, -0.15) is 0 Å². The first kappa shape index (κ1) is 16.2. The van der Waals surface area contributed by atoms with Crippen molar-refractivity contribution in [2.75, 3.05) is 12.0 Å². The van der Waals surface area contributed by atoms with Crippen molar-refractivity contribution >= 4 is 12.1 Å². The van der Waals surface area contributed by atoms with Gasteiger partial charge in [-0.15, -0.1) is 0 Å². The summed E-state index contributed by atoms with van der Waals surface area (Å²) in [6.07, 6.45) is 2.67. The standard InChI is InChI=1S/C18H22N4O2/c1-4-8-16-19-12(3)17-14(11-23)20-18(21-22(16)17)13-9-6-7-10-15(13)24-5-2/h6-7,9-11,14H,4-5,8H2,1-3H3,(H,20,21). The minimum Gasteiger partial charge on any atom is -0.493 e. The maximum Gasteiger partial charge on any atom is 0.152 e. The number of aldehydes is 1. The molecule has 0 amide bonds. The number of nitrogens with zero attached hydrogens (tertiary/aromatic N) is 3. The number of aryl methyl sites for hydroxylation is 2. The first-order chi connectivity index (χ1) is 11.7. The highest BCUT2D eigenvalue weighted by atomic mass is 16.5. The van der Waals surface area contributed by atoms with E-state index < -0.39 is 6.04 Å². The largest absolute Gasteiger partial charge is 0.493 e. The second-order valence-corrected chi connectivity index (χ2v) is 5.68. The van der Waals surface area contributed by atoms with Gasteiger partial charge in [0, 0.05) is 6.42 Å². The molecule has 6 heteroatoms. The third-order valence-electron chi connectivity index (χ3n) is 3.98. The average Bonchev–Trinajstić information content (AvgIpc) is 2.91. The van der Waals surface area contributed by atoms with E-state index in [-0.39, 0.29) is 0 Å². The van der Waals surface area contributed by atoms with Crippen molar-refractivity contribution in [3.05, 3.63) is 47.0 Å². The summed E-state index contributed by atoms with van der Waals surface area (Å²) in [6.45, 7) is 6.53. The molecule has 0 saturated carbocycles. The lowest BCUT2D eigenvalue weighted by Crippen LogP contribution is -2.33. The number of carbonyl (C=O) groups is 1. The molecule has 1 aliphatic rings. The van der Waals surface area contributed by atoms with Crippen LogP contribution < -0.4 is 10.2 Å². The van der Waals surface area contributed by atoms with Gasteiger partial charge in [0.05, 0.1) is 23.6 Å². The Kier molecular flexibility index (Phi) is 4.64. The predicted octanol–water partition coefficient (Wildman–Crippen LogP) is 2.79. The zero-order chi connectivity index (χ0) is 17.1. The fraction of sp³-hybridized carbons (Fsp3) is 0.389. The molecule has 2 aromatic rings. The van der Waals surface area contributed by atoms with E-state index in [9.17, 15) is 4.79 Å². The van der Waals surface area contributed by atoms with Crippen LogP contribution in [-0.2, 0) is 11.2 Å². The van der Waals surface area contributed by atoms with E-state index >= 15 is 0 Å². The molecule has 1 aliphatic heterocycles. The van der Waals surface area contributed by atoms with E-state index in [0.717, 1.165) is 47.7 Å². The molecule has 1 unspecified atom stereocenters. The van der Waals surface area contributed by atoms with E-state index in [1.165, 1.54) is 0 Å². The Morgan fingerprint density at radius 3 is 2.83 bits per heavy atom. The van der Waals surface area contributed by atoms with Crippen LogP contribution in [-0.4, -0.2) is 28.4 Å². The van der Waals surface area contributed by atoms with Crippen molar-refractivity contribution in [3.63, 3.8) is 0 Å². The first-order valence-corrected chi connectivity index (χ1v) is 8.30. The fourth-order valence-electron chi connectivity index (χ4n) is 2.97. The van der Waals surface area contributed by atoms with Crippen molar-refractivity contribution in [3.8, 4) is 5.75 Å². The van der Waals surface area contributed by atoms with Gasteiger partial charge >= 0.3 is 0 Å². The quantitative estimate of drug-likeness (QED) is 0.829. The van der Waals surface area contributed by atoms with Crippen LogP contribution in [0.1, 0.15) is 49.1 Å². The molecule has 0 bridgehead atoms. The molecule has 24 heavy (non-hydrogen) atoms. The van der Waals surface area contributed by atoms with Crippen LogP contribution >= 0.6 is 0 Å². The number of nitrogens with one attached hydrogen (secondary N) is 1. The normalized spacial score (nSPS) is 16.1. The molecule has 1 atom stereocenters. The zero-order valence-electron chi connectivity index (χ0n) is 14.2. The van der Waals surface area contributed by atoms with E-state index in [1.54, 1.807) is 0 Å². The van der Waals surface area contributed by atoms with Crippen LogP contribution in [0.15, 0.2) is 29.3 Å². The van der Waals surface area contributed by atoms with Gasteiger partial charge in [0.1, 0.15) is 11.6 Å². The molecule has 1 aromatic heterocycles. The van der Waals surface area contributed by atoms with Crippen LogP contribution in [0.2, 0.25) is 0 Å². The highest BCUT2D eigenvalue weighted by Crippen LogP contribution is 2.28. The Morgan fingerprint density at radius 2 is 2.12 bits per heavy atom. The third kappa shape index (κ3) is 2.79. The summed E-state index contributed by atoms with van der Waals surface area (Å²) < 4.78 is 7.60. The Bertz CT molecular complexity index is 779. The lowest BCUT2D eigenvalue weighted by molar-refractivity contribution is -0.109. The molecular formula is C18H22N4O2. The van der Waals surface area contributed by atoms with Crippen LogP contribution in [0.3, 0.4) is 0 Å². The number of amidine groups is 1. The number of hydrogen-bond acceptors (Lipinski definition) is 5. The highest BCUT2D eigenvalue weighted by molar-refractivity contribution is 6.07. The van der Waals surface area contributed by atoms with Crippen molar-refractivity contribution in [1.82, 2.24) is 9.66 Å². The van der Waals surface area contributed by atoms with Gasteiger partial charge in [-0.3, -0.25) is 5.43 Å². The van der Waals surface area contributed by atoms with E-state index in [0.29, 0.717) is 12.4 Å². The van der Waals surface area contributed by atoms with Gasteiger partial charge in [0.15, 0.2) is 18.2 Å². The summed E-state index contributed by atoms with van der Waals surface area (Å²) in [5, 5.41) is 0. The molecule has 0 radical (unpaired) electrons. The molecule has 0 aliphatic carbocycles. The van der Waals surface area contributed by atoms with Crippen molar-refractivity contribution < 1.29 is 9.53 Å². The summed E-state index contributed by atoms with van der Waals surface area (Å²) in [6, 6.07) is 7.13. The molecule has 0 spiro atoms. The topological polar surface area (TPSA) is 68.5 Å². The zero-order valence-corrected chi connectivity index (χ0v) is 14.2. The second-order valence-electron chi connectivity index (χ2n) is 5.68. The average molecular weight is 326 g/mol. The summed E-state index contributed by atoms with van der Waals surface area (Å²) in [5.74, 6) is 2.28. The molecule has 3 rings (SSSR count). The van der Waals surface area contributed by atoms with Crippen LogP contribution in [0.25, 0.3) is 0 Å². The minimum atomic E-state index is -0.561. The number of benzene rings is 1. The molecule has 1 N–H and O–H groups in total. The summed E-state index contributed by atoms with van der Waals surface area (Å²) in [5.41, 5.74) is 5.80. The maximum atomic E-state index is 11.6. The second kappa shape index (κ2) is 6.86. The maximum absolute atomic E-state index is 11.6. The van der Waals surface area contributed by atoms with Gasteiger partial charge in [-0.25, -0.2) is 14.7 Å². The number of aromatic nitrogens is 2. The van der Waals surface area contributed by atoms with Crippen molar-refractivity contribution in [1.29, 1.82) is 0 Å². The third-order valence-corrected chi connectivity index (χ3v) is 3.98. The molecule has 2 heterocycles. The molecule has 1 aromatic carbocycles. The van der Waals surface area contributed by atoms with E-state index in [4.69, 9.17) is 4.74 Å². The number of imidazole rings is 1. The molecule has 0 fully saturated rings. The van der Waals surface area contributed by atoms with Crippen molar-refractivity contribution in [2.24, 2.45) is 4.99 Å². The number of rotatable bonds is 6. The number of hydrogen-bond donors (Lipinski definition) is 1. The first-order valence-electron chi connectivity index (χ1n) is 8.30. The molecule has 0 saturated heterocycles. The van der Waals surface area contributed by atoms with Gasteiger partial charge < -0.3 is 9.53 Å². The number of para-hydroxylation sites is 1. The van der Waals surface area contributed by atoms with Crippen LogP contribution in [0.4, 0.5) is 0 Å². The SMILES string of the molecule is CCCc1nc(C)c2n1NC(c1ccccc1OCC)=NC2C=O. The minimum absolute atomic E-state index is 0.561. The number of carbonyl (C=O) groups excluding carboxylic acids is 1. The lowest BCUT2D eigenvalue weighted by atomic mass is 10.1. The Balaban J connectivity index is 2.07. The number of aliphatic imine (C=N–C) groups is 1. The molecule has 126 valence electrons. The smallest absolute Gasteiger partial charge is 0.152 e. The van der Waals surface area contributed by atoms with E-state index in [2.05, 4.69) is 22.3 Å². The van der Waals surface area contributed by atoms with Gasteiger partial charge in [0.2, 0.25) is 0 Å². The number of ether oxygens (including phenoxy) is 1. The summed E-state index contributed by atoms with van der Waals surface area (Å²) in [4.78, 5) is 20.8. The highest BCUT2D eigenvalue weighted by Gasteiger charge is 2.28. The number of fused-ring (bicyclic) bond motifs is 1. The molecular weight excluding hydrogens is 304 g/mol.